The number of carboxylic acid groups (broad SMARTS) is 1. The number of aromatic nitrogens is 2. The molecule has 0 fully saturated rings. The Hall–Kier alpha value is -4.70. The molecule has 1 heterocycles. The highest BCUT2D eigenvalue weighted by Gasteiger charge is 2.28. The number of hydrogen-bond acceptors (Lipinski definition) is 5. The maximum atomic E-state index is 14.6. The number of aryl methyl sites for hydroxylation is 1. The van der Waals surface area contributed by atoms with Crippen LogP contribution in [0.2, 0.25) is 5.02 Å². The lowest BCUT2D eigenvalue weighted by atomic mass is 10.0. The normalized spacial score (nSPS) is 11.6. The SMILES string of the molecule is Cc1nc(-c2cccc(Cl)c2F)n(O)c1C(=O)N[C@@H](Cc1ccccc1)C(=O)Nc1ccc(CC(=O)O)cc1. The zero-order chi connectivity index (χ0) is 28.1. The van der Waals surface area contributed by atoms with Crippen LogP contribution in [0, 0.1) is 12.7 Å². The van der Waals surface area contributed by atoms with Gasteiger partial charge in [-0.15, -0.1) is 0 Å². The average molecular weight is 551 g/mol. The van der Waals surface area contributed by atoms with Crippen molar-refractivity contribution in [3.05, 3.63) is 106 Å². The molecule has 1 atom stereocenters. The number of benzene rings is 3. The minimum atomic E-state index is -1.07. The van der Waals surface area contributed by atoms with Crippen molar-refractivity contribution in [1.29, 1.82) is 0 Å². The summed E-state index contributed by atoms with van der Waals surface area (Å²) in [6, 6.07) is 18.4. The van der Waals surface area contributed by atoms with Gasteiger partial charge in [-0.1, -0.05) is 60.1 Å². The van der Waals surface area contributed by atoms with Gasteiger partial charge in [0.15, 0.2) is 17.3 Å². The zero-order valence-corrected chi connectivity index (χ0v) is 21.4. The highest BCUT2D eigenvalue weighted by molar-refractivity contribution is 6.31. The fourth-order valence-electron chi connectivity index (χ4n) is 4.03. The summed E-state index contributed by atoms with van der Waals surface area (Å²) in [4.78, 5) is 41.6. The molecule has 4 aromatic rings. The first-order valence-corrected chi connectivity index (χ1v) is 12.2. The quantitative estimate of drug-likeness (QED) is 0.227. The Balaban J connectivity index is 1.59. The standard InChI is InChI=1S/C28H24ClFN4O5/c1-16-25(34(39)26(31-16)20-8-5-9-21(29)24(20)30)28(38)33-22(14-17-6-3-2-4-7-17)27(37)32-19-12-10-18(11-13-19)15-23(35)36/h2-13,22,39H,14-15H2,1H3,(H,32,37)(H,33,38)(H,35,36)/t22-/m0/s1. The summed E-state index contributed by atoms with van der Waals surface area (Å²) in [6.07, 6.45) is -0.0277. The maximum absolute atomic E-state index is 14.6. The van der Waals surface area contributed by atoms with Crippen LogP contribution in [0.5, 0.6) is 0 Å². The molecule has 9 nitrogen and oxygen atoms in total. The third-order valence-electron chi connectivity index (χ3n) is 5.92. The van der Waals surface area contributed by atoms with Gasteiger partial charge in [0.2, 0.25) is 5.91 Å². The van der Waals surface area contributed by atoms with Gasteiger partial charge < -0.3 is 20.9 Å². The van der Waals surface area contributed by atoms with Crippen molar-refractivity contribution in [3.63, 3.8) is 0 Å². The third-order valence-corrected chi connectivity index (χ3v) is 6.21. The van der Waals surface area contributed by atoms with Crippen molar-refractivity contribution in [2.75, 3.05) is 5.32 Å². The van der Waals surface area contributed by atoms with Gasteiger partial charge in [-0.3, -0.25) is 14.4 Å². The van der Waals surface area contributed by atoms with E-state index in [-0.39, 0.29) is 40.6 Å². The monoisotopic (exact) mass is 550 g/mol. The van der Waals surface area contributed by atoms with Gasteiger partial charge in [0.25, 0.3) is 5.91 Å². The zero-order valence-electron chi connectivity index (χ0n) is 20.7. The Labute approximate surface area is 227 Å². The van der Waals surface area contributed by atoms with Crippen LogP contribution < -0.4 is 10.6 Å². The fraction of sp³-hybridized carbons (Fsp3) is 0.143. The van der Waals surface area contributed by atoms with E-state index in [0.717, 1.165) is 5.56 Å². The largest absolute Gasteiger partial charge is 0.481 e. The second-order valence-electron chi connectivity index (χ2n) is 8.76. The second kappa shape index (κ2) is 11.8. The number of carbonyl (C=O) groups is 3. The van der Waals surface area contributed by atoms with Gasteiger partial charge in [0, 0.05) is 12.1 Å². The van der Waals surface area contributed by atoms with E-state index in [4.69, 9.17) is 16.7 Å². The van der Waals surface area contributed by atoms with Gasteiger partial charge in [0.1, 0.15) is 6.04 Å². The molecular formula is C28H24ClFN4O5. The molecule has 0 unspecified atom stereocenters. The van der Waals surface area contributed by atoms with Crippen molar-refractivity contribution >= 4 is 35.1 Å². The first kappa shape index (κ1) is 27.3. The molecule has 3 aromatic carbocycles. The van der Waals surface area contributed by atoms with E-state index in [9.17, 15) is 24.0 Å². The molecule has 0 spiro atoms. The van der Waals surface area contributed by atoms with Crippen molar-refractivity contribution in [2.24, 2.45) is 0 Å². The maximum Gasteiger partial charge on any atom is 0.307 e. The van der Waals surface area contributed by atoms with E-state index in [0.29, 0.717) is 16.0 Å². The molecule has 2 amide bonds. The molecule has 4 rings (SSSR count). The van der Waals surface area contributed by atoms with Crippen LogP contribution in [-0.4, -0.2) is 43.9 Å². The summed E-state index contributed by atoms with van der Waals surface area (Å²) in [5, 5.41) is 24.9. The second-order valence-corrected chi connectivity index (χ2v) is 9.16. The van der Waals surface area contributed by atoms with Gasteiger partial charge >= 0.3 is 5.97 Å². The molecule has 0 saturated heterocycles. The molecule has 200 valence electrons. The topological polar surface area (TPSA) is 134 Å². The van der Waals surface area contributed by atoms with Crippen LogP contribution in [0.25, 0.3) is 11.4 Å². The number of rotatable bonds is 9. The predicted molar refractivity (Wildman–Crippen MR) is 142 cm³/mol. The summed E-state index contributed by atoms with van der Waals surface area (Å²) in [5.41, 5.74) is 1.48. The summed E-state index contributed by atoms with van der Waals surface area (Å²) in [6.45, 7) is 1.47. The number of carbonyl (C=O) groups excluding carboxylic acids is 2. The molecule has 0 aliphatic rings. The van der Waals surface area contributed by atoms with Crippen LogP contribution in [0.4, 0.5) is 10.1 Å². The Kier molecular flexibility index (Phi) is 8.26. The average Bonchev–Trinajstić information content (AvgIpc) is 3.20. The van der Waals surface area contributed by atoms with Crippen LogP contribution in [0.3, 0.4) is 0 Å². The highest BCUT2D eigenvalue weighted by Crippen LogP contribution is 2.28. The molecule has 11 heteroatoms. The number of imidazole rings is 1. The smallest absolute Gasteiger partial charge is 0.307 e. The van der Waals surface area contributed by atoms with Crippen molar-refractivity contribution in [2.45, 2.75) is 25.8 Å². The van der Waals surface area contributed by atoms with E-state index in [2.05, 4.69) is 15.6 Å². The van der Waals surface area contributed by atoms with Gasteiger partial charge in [-0.05, 0) is 42.3 Å². The summed E-state index contributed by atoms with van der Waals surface area (Å²) in [7, 11) is 0. The Morgan fingerprint density at radius 3 is 2.36 bits per heavy atom. The lowest BCUT2D eigenvalue weighted by Gasteiger charge is -2.19. The van der Waals surface area contributed by atoms with E-state index < -0.39 is 29.6 Å². The number of carboxylic acids is 1. The number of halogens is 2. The number of hydrogen-bond donors (Lipinski definition) is 4. The van der Waals surface area contributed by atoms with Crippen molar-refractivity contribution in [3.8, 4) is 11.4 Å². The summed E-state index contributed by atoms with van der Waals surface area (Å²) in [5.74, 6) is -3.34. The first-order chi connectivity index (χ1) is 18.6. The van der Waals surface area contributed by atoms with Crippen LogP contribution in [0.15, 0.2) is 72.8 Å². The molecule has 0 aliphatic heterocycles. The molecular weight excluding hydrogens is 527 g/mol. The fourth-order valence-corrected chi connectivity index (χ4v) is 4.20. The Bertz CT molecular complexity index is 1520. The van der Waals surface area contributed by atoms with E-state index >= 15 is 0 Å². The Morgan fingerprint density at radius 2 is 1.69 bits per heavy atom. The molecule has 0 radical (unpaired) electrons. The third kappa shape index (κ3) is 6.42. The van der Waals surface area contributed by atoms with Crippen LogP contribution >= 0.6 is 11.6 Å². The van der Waals surface area contributed by atoms with Gasteiger partial charge in [-0.2, -0.15) is 4.73 Å². The number of anilines is 1. The van der Waals surface area contributed by atoms with Crippen LogP contribution in [0.1, 0.15) is 27.3 Å². The van der Waals surface area contributed by atoms with Crippen LogP contribution in [-0.2, 0) is 22.4 Å². The molecule has 0 bridgehead atoms. The number of amides is 2. The summed E-state index contributed by atoms with van der Waals surface area (Å²) >= 11 is 5.86. The first-order valence-electron chi connectivity index (χ1n) is 11.8. The molecule has 1 aromatic heterocycles. The number of nitrogens with zero attached hydrogens (tertiary/aromatic N) is 2. The predicted octanol–water partition coefficient (Wildman–Crippen LogP) is 4.50. The Morgan fingerprint density at radius 1 is 1.00 bits per heavy atom. The minimum absolute atomic E-state index is 0.0999. The molecule has 0 aliphatic carbocycles. The molecule has 4 N–H and O–H groups in total. The van der Waals surface area contributed by atoms with Crippen molar-refractivity contribution in [1.82, 2.24) is 15.0 Å². The van der Waals surface area contributed by atoms with E-state index in [1.54, 1.807) is 48.5 Å². The summed E-state index contributed by atoms with van der Waals surface area (Å²) < 4.78 is 15.1. The van der Waals surface area contributed by atoms with E-state index in [1.807, 2.05) is 6.07 Å². The number of nitrogens with one attached hydrogen (secondary N) is 2. The number of aliphatic carboxylic acids is 1. The lowest BCUT2D eigenvalue weighted by Crippen LogP contribution is -2.46. The molecule has 0 saturated carbocycles. The van der Waals surface area contributed by atoms with Crippen molar-refractivity contribution < 1.29 is 29.1 Å². The highest BCUT2D eigenvalue weighted by atomic mass is 35.5. The molecule has 39 heavy (non-hydrogen) atoms. The van der Waals surface area contributed by atoms with E-state index in [1.165, 1.54) is 25.1 Å². The minimum Gasteiger partial charge on any atom is -0.481 e. The van der Waals surface area contributed by atoms with Gasteiger partial charge in [0.05, 0.1) is 22.7 Å². The van der Waals surface area contributed by atoms with Gasteiger partial charge in [-0.25, -0.2) is 9.37 Å². The lowest BCUT2D eigenvalue weighted by molar-refractivity contribution is -0.136.